The number of fused-ring (bicyclic) bond motifs is 2. The van der Waals surface area contributed by atoms with Gasteiger partial charge in [0.15, 0.2) is 11.6 Å². The van der Waals surface area contributed by atoms with Crippen molar-refractivity contribution in [2.24, 2.45) is 0 Å². The second-order valence-electron chi connectivity index (χ2n) is 7.16. The summed E-state index contributed by atoms with van der Waals surface area (Å²) in [7, 11) is 1.44. The lowest BCUT2D eigenvalue weighted by molar-refractivity contribution is -0.137. The van der Waals surface area contributed by atoms with Crippen molar-refractivity contribution in [2.45, 2.75) is 6.18 Å². The van der Waals surface area contributed by atoms with E-state index in [1.807, 2.05) is 0 Å². The molecule has 2 heterocycles. The van der Waals surface area contributed by atoms with Crippen molar-refractivity contribution in [1.29, 1.82) is 0 Å². The fourth-order valence-electron chi connectivity index (χ4n) is 3.65. The molecule has 166 valence electrons. The van der Waals surface area contributed by atoms with Crippen molar-refractivity contribution in [1.82, 2.24) is 20.2 Å². The van der Waals surface area contributed by atoms with Crippen LogP contribution in [0.2, 0.25) is 0 Å². The number of rotatable bonds is 4. The highest BCUT2D eigenvalue weighted by atomic mass is 19.4. The first-order chi connectivity index (χ1) is 15.9. The quantitative estimate of drug-likeness (QED) is 0.323. The maximum absolute atomic E-state index is 14.1. The number of aromatic amines is 1. The summed E-state index contributed by atoms with van der Waals surface area (Å²) in [6, 6.07) is 14.6. The normalized spacial score (nSPS) is 11.8. The number of hydrogen-bond acceptors (Lipinski definition) is 5. The smallest absolute Gasteiger partial charge is 0.417 e. The molecule has 0 saturated heterocycles. The standard InChI is InChI=1S/C23H15F4N5O/c1-33-17-11-5-8-14-19(17)28-20(12-6-2-3-9-15(12)23(25,26)27)29-21(14)30-22-13-7-4-10-16(24)18(13)31-32-22/h2-11H,1H3,(H2,28,29,30,31,32). The molecule has 0 atom stereocenters. The number of halogens is 4. The molecule has 0 saturated carbocycles. The molecule has 5 aromatic rings. The van der Waals surface area contributed by atoms with E-state index < -0.39 is 17.6 Å². The third-order valence-electron chi connectivity index (χ3n) is 5.17. The molecule has 2 aromatic heterocycles. The molecule has 10 heteroatoms. The number of para-hydroxylation sites is 2. The van der Waals surface area contributed by atoms with Gasteiger partial charge in [-0.05, 0) is 30.3 Å². The maximum atomic E-state index is 14.1. The summed E-state index contributed by atoms with van der Waals surface area (Å²) in [5.74, 6) is 0.197. The summed E-state index contributed by atoms with van der Waals surface area (Å²) in [5, 5.41) is 10.7. The van der Waals surface area contributed by atoms with E-state index in [-0.39, 0.29) is 28.5 Å². The Bertz CT molecular complexity index is 1500. The molecule has 6 nitrogen and oxygen atoms in total. The highest BCUT2D eigenvalue weighted by Crippen LogP contribution is 2.38. The third-order valence-corrected chi connectivity index (χ3v) is 5.17. The molecule has 0 aliphatic carbocycles. The van der Waals surface area contributed by atoms with Crippen LogP contribution in [-0.4, -0.2) is 27.3 Å². The topological polar surface area (TPSA) is 75.7 Å². The number of anilines is 2. The van der Waals surface area contributed by atoms with E-state index in [4.69, 9.17) is 4.74 Å². The second-order valence-corrected chi connectivity index (χ2v) is 7.16. The fraction of sp³-hybridized carbons (Fsp3) is 0.0870. The van der Waals surface area contributed by atoms with Crippen LogP contribution < -0.4 is 10.1 Å². The van der Waals surface area contributed by atoms with Crippen LogP contribution in [0.4, 0.5) is 29.2 Å². The number of ether oxygens (including phenoxy) is 1. The van der Waals surface area contributed by atoms with Crippen LogP contribution in [0.1, 0.15) is 5.56 Å². The first-order valence-electron chi connectivity index (χ1n) is 9.78. The predicted molar refractivity (Wildman–Crippen MR) is 116 cm³/mol. The van der Waals surface area contributed by atoms with Crippen molar-refractivity contribution in [2.75, 3.05) is 12.4 Å². The number of hydrogen-bond donors (Lipinski definition) is 2. The number of nitrogens with zero attached hydrogens (tertiary/aromatic N) is 3. The Labute approximate surface area is 184 Å². The fourth-order valence-corrected chi connectivity index (χ4v) is 3.65. The van der Waals surface area contributed by atoms with Gasteiger partial charge in [-0.1, -0.05) is 30.3 Å². The number of methoxy groups -OCH3 is 1. The van der Waals surface area contributed by atoms with E-state index in [0.717, 1.165) is 6.07 Å². The molecule has 0 bridgehead atoms. The molecule has 5 rings (SSSR count). The van der Waals surface area contributed by atoms with Gasteiger partial charge in [-0.2, -0.15) is 18.3 Å². The van der Waals surface area contributed by atoms with Crippen molar-refractivity contribution >= 4 is 33.4 Å². The molecule has 0 aliphatic heterocycles. The third kappa shape index (κ3) is 3.59. The number of benzene rings is 3. The van der Waals surface area contributed by atoms with Crippen LogP contribution in [-0.2, 0) is 6.18 Å². The van der Waals surface area contributed by atoms with Gasteiger partial charge in [-0.3, -0.25) is 5.10 Å². The van der Waals surface area contributed by atoms with Crippen LogP contribution in [0.15, 0.2) is 60.7 Å². The summed E-state index contributed by atoms with van der Waals surface area (Å²) in [5.41, 5.74) is -0.537. The first kappa shape index (κ1) is 20.7. The van der Waals surface area contributed by atoms with Gasteiger partial charge in [-0.25, -0.2) is 14.4 Å². The van der Waals surface area contributed by atoms with E-state index in [1.54, 1.807) is 24.3 Å². The van der Waals surface area contributed by atoms with Gasteiger partial charge in [0.25, 0.3) is 0 Å². The molecule has 0 aliphatic rings. The van der Waals surface area contributed by atoms with E-state index >= 15 is 0 Å². The Hall–Kier alpha value is -4.21. The minimum atomic E-state index is -4.60. The van der Waals surface area contributed by atoms with Gasteiger partial charge in [0.2, 0.25) is 0 Å². The van der Waals surface area contributed by atoms with Gasteiger partial charge >= 0.3 is 6.18 Å². The Kier molecular flexibility index (Phi) is 4.85. The highest BCUT2D eigenvalue weighted by Gasteiger charge is 2.34. The molecule has 0 radical (unpaired) electrons. The van der Waals surface area contributed by atoms with Gasteiger partial charge < -0.3 is 10.1 Å². The Morgan fingerprint density at radius 3 is 2.42 bits per heavy atom. The van der Waals surface area contributed by atoms with E-state index in [0.29, 0.717) is 22.0 Å². The first-order valence-corrected chi connectivity index (χ1v) is 9.78. The van der Waals surface area contributed by atoms with Gasteiger partial charge in [0, 0.05) is 16.3 Å². The molecule has 33 heavy (non-hydrogen) atoms. The van der Waals surface area contributed by atoms with E-state index in [2.05, 4.69) is 25.5 Å². The molecular formula is C23H15F4N5O. The van der Waals surface area contributed by atoms with E-state index in [1.165, 1.54) is 37.4 Å². The SMILES string of the molecule is COc1cccc2c(Nc3n[nH]c4c(F)cccc34)nc(-c3ccccc3C(F)(F)F)nc12. The average molecular weight is 453 g/mol. The Morgan fingerprint density at radius 2 is 1.64 bits per heavy atom. The van der Waals surface area contributed by atoms with Crippen LogP contribution in [0.5, 0.6) is 5.75 Å². The zero-order valence-electron chi connectivity index (χ0n) is 17.0. The summed E-state index contributed by atoms with van der Waals surface area (Å²) in [6.07, 6.45) is -4.60. The molecule has 0 fully saturated rings. The predicted octanol–water partition coefficient (Wildman–Crippen LogP) is 6.08. The summed E-state index contributed by atoms with van der Waals surface area (Å²) in [6.45, 7) is 0. The summed E-state index contributed by atoms with van der Waals surface area (Å²) in [4.78, 5) is 8.79. The van der Waals surface area contributed by atoms with Gasteiger partial charge in [0.05, 0.1) is 12.7 Å². The molecular weight excluding hydrogens is 438 g/mol. The zero-order valence-corrected chi connectivity index (χ0v) is 17.0. The second kappa shape index (κ2) is 7.73. The molecule has 2 N–H and O–H groups in total. The maximum Gasteiger partial charge on any atom is 0.417 e. The largest absolute Gasteiger partial charge is 0.494 e. The van der Waals surface area contributed by atoms with Crippen LogP contribution in [0, 0.1) is 5.82 Å². The highest BCUT2D eigenvalue weighted by molar-refractivity contribution is 5.99. The van der Waals surface area contributed by atoms with Crippen molar-refractivity contribution in [3.05, 3.63) is 72.0 Å². The zero-order chi connectivity index (χ0) is 23.2. The van der Waals surface area contributed by atoms with Crippen molar-refractivity contribution in [3.63, 3.8) is 0 Å². The van der Waals surface area contributed by atoms with Gasteiger partial charge in [-0.15, -0.1) is 0 Å². The number of alkyl halides is 3. The van der Waals surface area contributed by atoms with Crippen LogP contribution >= 0.6 is 0 Å². The van der Waals surface area contributed by atoms with Crippen LogP contribution in [0.3, 0.4) is 0 Å². The molecule has 0 unspecified atom stereocenters. The number of aromatic nitrogens is 4. The van der Waals surface area contributed by atoms with Crippen molar-refractivity contribution in [3.8, 4) is 17.1 Å². The monoisotopic (exact) mass is 453 g/mol. The number of nitrogens with one attached hydrogen (secondary N) is 2. The Balaban J connectivity index is 1.75. The van der Waals surface area contributed by atoms with Crippen molar-refractivity contribution < 1.29 is 22.3 Å². The van der Waals surface area contributed by atoms with E-state index in [9.17, 15) is 17.6 Å². The summed E-state index contributed by atoms with van der Waals surface area (Å²) < 4.78 is 60.5. The average Bonchev–Trinajstić information content (AvgIpc) is 3.22. The molecule has 0 spiro atoms. The minimum Gasteiger partial charge on any atom is -0.494 e. The lowest BCUT2D eigenvalue weighted by Crippen LogP contribution is -2.09. The van der Waals surface area contributed by atoms with Crippen LogP contribution in [0.25, 0.3) is 33.2 Å². The molecule has 3 aromatic carbocycles. The lowest BCUT2D eigenvalue weighted by Gasteiger charge is -2.15. The lowest BCUT2D eigenvalue weighted by atomic mass is 10.1. The molecule has 0 amide bonds. The summed E-state index contributed by atoms with van der Waals surface area (Å²) >= 11 is 0. The Morgan fingerprint density at radius 1 is 0.879 bits per heavy atom. The minimum absolute atomic E-state index is 0.145. The number of H-pyrrole nitrogens is 1. The van der Waals surface area contributed by atoms with Gasteiger partial charge in [0.1, 0.15) is 28.4 Å².